The van der Waals surface area contributed by atoms with Crippen LogP contribution in [0.3, 0.4) is 0 Å². The minimum atomic E-state index is -0.240. The van der Waals surface area contributed by atoms with Gasteiger partial charge >= 0.3 is 0 Å². The maximum absolute atomic E-state index is 11.0. The van der Waals surface area contributed by atoms with Crippen LogP contribution < -0.4 is 15.8 Å². The number of likely N-dealkylation sites (tertiary alicyclic amines) is 1. The van der Waals surface area contributed by atoms with E-state index in [1.165, 1.54) is 11.1 Å². The fourth-order valence-corrected chi connectivity index (χ4v) is 3.42. The molecule has 1 aromatic carbocycles. The summed E-state index contributed by atoms with van der Waals surface area (Å²) in [5, 5.41) is 3.32. The highest BCUT2D eigenvalue weighted by Gasteiger charge is 2.25. The number of nitrogens with one attached hydrogen (secondary N) is 1. The van der Waals surface area contributed by atoms with Gasteiger partial charge in [-0.2, -0.15) is 0 Å². The maximum atomic E-state index is 11.0. The number of hydrogen-bond donors (Lipinski definition) is 2. The van der Waals surface area contributed by atoms with Crippen LogP contribution in [0.4, 0.5) is 5.69 Å². The molecule has 5 nitrogen and oxygen atoms in total. The monoisotopic (exact) mass is 289 g/mol. The number of aryl methyl sites for hydroxylation is 1. The highest BCUT2D eigenvalue weighted by atomic mass is 16.5. The number of ether oxygens (including phenoxy) is 1. The molecule has 3 N–H and O–H groups in total. The predicted molar refractivity (Wildman–Crippen MR) is 82.5 cm³/mol. The molecule has 1 unspecified atom stereocenters. The lowest BCUT2D eigenvalue weighted by molar-refractivity contribution is -0.119. The summed E-state index contributed by atoms with van der Waals surface area (Å²) >= 11 is 0. The molecule has 0 radical (unpaired) electrons. The molecule has 1 fully saturated rings. The van der Waals surface area contributed by atoms with Crippen LogP contribution in [0, 0.1) is 6.92 Å². The number of carbonyl (C=O) groups is 1. The van der Waals surface area contributed by atoms with E-state index in [4.69, 9.17) is 10.5 Å². The van der Waals surface area contributed by atoms with E-state index in [1.54, 1.807) is 0 Å². The van der Waals surface area contributed by atoms with Gasteiger partial charge in [0.1, 0.15) is 5.75 Å². The smallest absolute Gasteiger partial charge is 0.231 e. The van der Waals surface area contributed by atoms with E-state index >= 15 is 0 Å². The fraction of sp³-hybridized carbons (Fsp3) is 0.562. The van der Waals surface area contributed by atoms with Crippen molar-refractivity contribution in [2.75, 3.05) is 25.0 Å². The van der Waals surface area contributed by atoms with Crippen LogP contribution >= 0.6 is 0 Å². The van der Waals surface area contributed by atoms with Crippen LogP contribution in [0.5, 0.6) is 5.75 Å². The molecule has 0 aromatic heterocycles. The van der Waals surface area contributed by atoms with Gasteiger partial charge in [0.05, 0.1) is 12.2 Å². The lowest BCUT2D eigenvalue weighted by atomic mass is 9.86. The fourth-order valence-electron chi connectivity index (χ4n) is 3.42. The Bertz CT molecular complexity index is 551. The Hall–Kier alpha value is -1.75. The largest absolute Gasteiger partial charge is 0.469 e. The van der Waals surface area contributed by atoms with Crippen LogP contribution in [-0.4, -0.2) is 36.7 Å². The summed E-state index contributed by atoms with van der Waals surface area (Å²) in [6, 6.07) is 4.37. The zero-order valence-electron chi connectivity index (χ0n) is 12.7. The second-order valence-corrected chi connectivity index (χ2v) is 6.13. The van der Waals surface area contributed by atoms with E-state index in [0.29, 0.717) is 12.5 Å². The van der Waals surface area contributed by atoms with Crippen LogP contribution in [0.25, 0.3) is 0 Å². The first-order valence-electron chi connectivity index (χ1n) is 7.61. The number of fused-ring (bicyclic) bond motifs is 1. The topological polar surface area (TPSA) is 67.6 Å². The number of anilines is 1. The number of hydrogen-bond acceptors (Lipinski definition) is 4. The predicted octanol–water partition coefficient (Wildman–Crippen LogP) is 1.81. The summed E-state index contributed by atoms with van der Waals surface area (Å²) in [5.41, 5.74) is 9.05. The van der Waals surface area contributed by atoms with E-state index in [0.717, 1.165) is 37.4 Å². The van der Waals surface area contributed by atoms with Crippen molar-refractivity contribution in [1.29, 1.82) is 0 Å². The lowest BCUT2D eigenvalue weighted by Gasteiger charge is -2.32. The lowest BCUT2D eigenvalue weighted by Crippen LogP contribution is -2.39. The third kappa shape index (κ3) is 2.97. The molecule has 2 heterocycles. The normalized spacial score (nSPS) is 22.5. The van der Waals surface area contributed by atoms with Gasteiger partial charge in [0.2, 0.25) is 5.91 Å². The molecule has 114 valence electrons. The molecule has 2 aliphatic heterocycles. The summed E-state index contributed by atoms with van der Waals surface area (Å²) in [4.78, 5) is 13.1. The van der Waals surface area contributed by atoms with Gasteiger partial charge < -0.3 is 15.8 Å². The number of primary amides is 1. The molecule has 21 heavy (non-hydrogen) atoms. The number of amides is 1. The summed E-state index contributed by atoms with van der Waals surface area (Å²) in [5.74, 6) is 1.26. The maximum Gasteiger partial charge on any atom is 0.231 e. The quantitative estimate of drug-likeness (QED) is 0.890. The van der Waals surface area contributed by atoms with Crippen molar-refractivity contribution in [3.8, 4) is 5.75 Å². The third-order valence-electron chi connectivity index (χ3n) is 4.44. The molecule has 0 bridgehead atoms. The van der Waals surface area contributed by atoms with Gasteiger partial charge in [0.15, 0.2) is 6.23 Å². The zero-order valence-corrected chi connectivity index (χ0v) is 12.7. The molecule has 1 amide bonds. The number of rotatable bonds is 3. The summed E-state index contributed by atoms with van der Waals surface area (Å²) < 4.78 is 5.78. The molecule has 0 saturated carbocycles. The Labute approximate surface area is 125 Å². The molecule has 2 aliphatic rings. The molecule has 1 aromatic rings. The first kappa shape index (κ1) is 14.2. The van der Waals surface area contributed by atoms with Crippen molar-refractivity contribution in [3.63, 3.8) is 0 Å². The van der Waals surface area contributed by atoms with Crippen molar-refractivity contribution >= 4 is 11.6 Å². The van der Waals surface area contributed by atoms with Gasteiger partial charge in [-0.3, -0.25) is 9.69 Å². The highest BCUT2D eigenvalue weighted by Crippen LogP contribution is 2.39. The summed E-state index contributed by atoms with van der Waals surface area (Å²) in [6.07, 6.45) is 2.18. The average molecular weight is 289 g/mol. The standard InChI is InChI=1S/C16H23N3O2/c1-10-7-14-15(21-11(2)18-14)8-13(10)12-3-5-19(6-4-12)9-16(17)20/h7-8,11-12,18H,3-6,9H2,1-2H3,(H2,17,20). The number of carbonyl (C=O) groups excluding carboxylic acids is 1. The third-order valence-corrected chi connectivity index (χ3v) is 4.44. The van der Waals surface area contributed by atoms with Gasteiger partial charge in [-0.25, -0.2) is 0 Å². The Balaban J connectivity index is 1.71. The van der Waals surface area contributed by atoms with E-state index in [1.807, 2.05) is 6.92 Å². The van der Waals surface area contributed by atoms with Gasteiger partial charge in [-0.05, 0) is 69.0 Å². The van der Waals surface area contributed by atoms with Gasteiger partial charge in [0.25, 0.3) is 0 Å². The molecule has 3 rings (SSSR count). The minimum absolute atomic E-state index is 0.0482. The first-order chi connectivity index (χ1) is 10.0. The van der Waals surface area contributed by atoms with Crippen LogP contribution in [0.1, 0.15) is 36.8 Å². The molecule has 1 saturated heterocycles. The number of benzene rings is 1. The van der Waals surface area contributed by atoms with E-state index in [2.05, 4.69) is 29.3 Å². The van der Waals surface area contributed by atoms with Gasteiger partial charge in [-0.15, -0.1) is 0 Å². The number of piperidine rings is 1. The van der Waals surface area contributed by atoms with Crippen LogP contribution in [0.2, 0.25) is 0 Å². The SMILES string of the molecule is Cc1cc2c(cc1C1CCN(CC(N)=O)CC1)OC(C)N2. The number of nitrogens with zero attached hydrogens (tertiary/aromatic N) is 1. The molecular formula is C16H23N3O2. The van der Waals surface area contributed by atoms with Crippen molar-refractivity contribution < 1.29 is 9.53 Å². The first-order valence-corrected chi connectivity index (χ1v) is 7.61. The molecule has 0 spiro atoms. The van der Waals surface area contributed by atoms with Crippen molar-refractivity contribution in [2.24, 2.45) is 5.73 Å². The van der Waals surface area contributed by atoms with E-state index in [-0.39, 0.29) is 12.1 Å². The van der Waals surface area contributed by atoms with Crippen LogP contribution in [-0.2, 0) is 4.79 Å². The van der Waals surface area contributed by atoms with Crippen LogP contribution in [0.15, 0.2) is 12.1 Å². The molecule has 0 aliphatic carbocycles. The minimum Gasteiger partial charge on any atom is -0.469 e. The van der Waals surface area contributed by atoms with E-state index < -0.39 is 0 Å². The second kappa shape index (κ2) is 5.56. The average Bonchev–Trinajstić information content (AvgIpc) is 2.77. The Morgan fingerprint density at radius 3 is 2.81 bits per heavy atom. The van der Waals surface area contributed by atoms with Gasteiger partial charge in [0, 0.05) is 0 Å². The summed E-state index contributed by atoms with van der Waals surface area (Å²) in [6.45, 7) is 6.41. The molecule has 5 heteroatoms. The van der Waals surface area contributed by atoms with Crippen molar-refractivity contribution in [3.05, 3.63) is 23.3 Å². The highest BCUT2D eigenvalue weighted by molar-refractivity contribution is 5.75. The second-order valence-electron chi connectivity index (χ2n) is 6.13. The van der Waals surface area contributed by atoms with E-state index in [9.17, 15) is 4.79 Å². The zero-order chi connectivity index (χ0) is 15.0. The Kier molecular flexibility index (Phi) is 3.76. The number of nitrogens with two attached hydrogens (primary N) is 1. The Morgan fingerprint density at radius 1 is 1.43 bits per heavy atom. The Morgan fingerprint density at radius 2 is 2.14 bits per heavy atom. The van der Waals surface area contributed by atoms with Crippen molar-refractivity contribution in [1.82, 2.24) is 4.90 Å². The van der Waals surface area contributed by atoms with Gasteiger partial charge in [-0.1, -0.05) is 0 Å². The summed E-state index contributed by atoms with van der Waals surface area (Å²) in [7, 11) is 0. The van der Waals surface area contributed by atoms with Crippen molar-refractivity contribution in [2.45, 2.75) is 38.8 Å². The molecular weight excluding hydrogens is 266 g/mol. The molecule has 1 atom stereocenters.